The topological polar surface area (TPSA) is 18.5 Å². The van der Waals surface area contributed by atoms with Crippen molar-refractivity contribution in [2.24, 2.45) is 0 Å². The quantitative estimate of drug-likeness (QED) is 0.497. The Morgan fingerprint density at radius 1 is 1.62 bits per heavy atom. The molecule has 0 aromatic heterocycles. The van der Waals surface area contributed by atoms with Crippen LogP contribution >= 0.6 is 0 Å². The Bertz CT molecular complexity index is 84.5. The second kappa shape index (κ2) is 2.72. The molecule has 0 unspecified atom stereocenters. The average Bonchev–Trinajstić information content (AvgIpc) is 1.63. The van der Waals surface area contributed by atoms with Gasteiger partial charge in [0, 0.05) is 0 Å². The van der Waals surface area contributed by atoms with Crippen molar-refractivity contribution in [3.8, 4) is 0 Å². The lowest BCUT2D eigenvalue weighted by molar-refractivity contribution is -0.0994. The molecule has 8 heavy (non-hydrogen) atoms. The SMILES string of the molecule is C/C=C/OC1COC1. The first-order chi connectivity index (χ1) is 3.93. The van der Waals surface area contributed by atoms with Crippen LogP contribution in [0.25, 0.3) is 0 Å². The highest BCUT2D eigenvalue weighted by molar-refractivity contribution is 4.72. The van der Waals surface area contributed by atoms with Gasteiger partial charge in [0.1, 0.15) is 6.10 Å². The summed E-state index contributed by atoms with van der Waals surface area (Å²) in [4.78, 5) is 0. The zero-order chi connectivity index (χ0) is 5.82. The van der Waals surface area contributed by atoms with E-state index in [9.17, 15) is 0 Å². The molecule has 0 bridgehead atoms. The molecule has 2 nitrogen and oxygen atoms in total. The van der Waals surface area contributed by atoms with Gasteiger partial charge in [-0.25, -0.2) is 0 Å². The Hall–Kier alpha value is -0.500. The van der Waals surface area contributed by atoms with Gasteiger partial charge in [0.15, 0.2) is 0 Å². The van der Waals surface area contributed by atoms with Crippen molar-refractivity contribution in [2.75, 3.05) is 13.2 Å². The molecule has 0 saturated carbocycles. The predicted octanol–water partition coefficient (Wildman–Crippen LogP) is 0.935. The van der Waals surface area contributed by atoms with Crippen LogP contribution in [-0.2, 0) is 9.47 Å². The molecule has 0 amide bonds. The number of rotatable bonds is 2. The molecule has 0 aromatic carbocycles. The summed E-state index contributed by atoms with van der Waals surface area (Å²) in [5.41, 5.74) is 0. The van der Waals surface area contributed by atoms with Crippen molar-refractivity contribution < 1.29 is 9.47 Å². The molecule has 46 valence electrons. The summed E-state index contributed by atoms with van der Waals surface area (Å²) in [7, 11) is 0. The van der Waals surface area contributed by atoms with E-state index in [0.29, 0.717) is 6.10 Å². The summed E-state index contributed by atoms with van der Waals surface area (Å²) < 4.78 is 9.99. The lowest BCUT2D eigenvalue weighted by atomic mass is 10.3. The van der Waals surface area contributed by atoms with Crippen molar-refractivity contribution in [1.29, 1.82) is 0 Å². The lowest BCUT2D eigenvalue weighted by Crippen LogP contribution is -2.34. The summed E-state index contributed by atoms with van der Waals surface area (Å²) >= 11 is 0. The first kappa shape index (κ1) is 5.63. The highest BCUT2D eigenvalue weighted by atomic mass is 16.6. The third kappa shape index (κ3) is 1.23. The molecule has 1 rings (SSSR count). The van der Waals surface area contributed by atoms with Gasteiger partial charge in [0.25, 0.3) is 0 Å². The van der Waals surface area contributed by atoms with E-state index >= 15 is 0 Å². The van der Waals surface area contributed by atoms with Crippen molar-refractivity contribution in [1.82, 2.24) is 0 Å². The average molecular weight is 114 g/mol. The standard InChI is InChI=1S/C6H10O2/c1-2-3-8-6-4-7-5-6/h2-3,6H,4-5H2,1H3/b3-2+. The van der Waals surface area contributed by atoms with Gasteiger partial charge in [-0.1, -0.05) is 6.08 Å². The molecule has 1 aliphatic rings. The van der Waals surface area contributed by atoms with E-state index in [-0.39, 0.29) is 0 Å². The molecule has 2 heteroatoms. The first-order valence-corrected chi connectivity index (χ1v) is 2.78. The summed E-state index contributed by atoms with van der Waals surface area (Å²) in [6.45, 7) is 3.44. The van der Waals surface area contributed by atoms with Crippen LogP contribution in [-0.4, -0.2) is 19.3 Å². The normalized spacial score (nSPS) is 21.1. The van der Waals surface area contributed by atoms with E-state index in [4.69, 9.17) is 9.47 Å². The van der Waals surface area contributed by atoms with Crippen LogP contribution in [0.1, 0.15) is 6.92 Å². The van der Waals surface area contributed by atoms with Gasteiger partial charge >= 0.3 is 0 Å². The third-order valence-electron chi connectivity index (χ3n) is 1.01. The first-order valence-electron chi connectivity index (χ1n) is 2.78. The fourth-order valence-corrected chi connectivity index (χ4v) is 0.482. The Balaban J connectivity index is 2.01. The van der Waals surface area contributed by atoms with E-state index in [0.717, 1.165) is 13.2 Å². The molecule has 0 aliphatic carbocycles. The maximum Gasteiger partial charge on any atom is 0.144 e. The lowest BCUT2D eigenvalue weighted by Gasteiger charge is -2.24. The smallest absolute Gasteiger partial charge is 0.144 e. The van der Waals surface area contributed by atoms with E-state index in [1.807, 2.05) is 13.0 Å². The van der Waals surface area contributed by atoms with Crippen LogP contribution in [0.15, 0.2) is 12.3 Å². The molecule has 0 atom stereocenters. The van der Waals surface area contributed by atoms with E-state index in [2.05, 4.69) is 0 Å². The van der Waals surface area contributed by atoms with Gasteiger partial charge < -0.3 is 9.47 Å². The molecule has 0 radical (unpaired) electrons. The molecule has 0 aromatic rings. The summed E-state index contributed by atoms with van der Waals surface area (Å²) in [5, 5.41) is 0. The molecule has 1 aliphatic heterocycles. The van der Waals surface area contributed by atoms with Crippen molar-refractivity contribution in [3.63, 3.8) is 0 Å². The predicted molar refractivity (Wildman–Crippen MR) is 30.5 cm³/mol. The van der Waals surface area contributed by atoms with Crippen LogP contribution in [0.3, 0.4) is 0 Å². The van der Waals surface area contributed by atoms with E-state index in [1.165, 1.54) is 0 Å². The monoisotopic (exact) mass is 114 g/mol. The second-order valence-electron chi connectivity index (χ2n) is 1.76. The van der Waals surface area contributed by atoms with Crippen LogP contribution in [0, 0.1) is 0 Å². The largest absolute Gasteiger partial charge is 0.494 e. The van der Waals surface area contributed by atoms with Gasteiger partial charge in [0.05, 0.1) is 19.5 Å². The van der Waals surface area contributed by atoms with Gasteiger partial charge in [-0.15, -0.1) is 0 Å². The minimum Gasteiger partial charge on any atom is -0.494 e. The van der Waals surface area contributed by atoms with Gasteiger partial charge in [-0.05, 0) is 6.92 Å². The van der Waals surface area contributed by atoms with Gasteiger partial charge in [0.2, 0.25) is 0 Å². The molecule has 1 saturated heterocycles. The fraction of sp³-hybridized carbons (Fsp3) is 0.667. The zero-order valence-electron chi connectivity index (χ0n) is 4.96. The molecule has 0 spiro atoms. The van der Waals surface area contributed by atoms with Crippen molar-refractivity contribution in [3.05, 3.63) is 12.3 Å². The van der Waals surface area contributed by atoms with Crippen molar-refractivity contribution in [2.45, 2.75) is 13.0 Å². The second-order valence-corrected chi connectivity index (χ2v) is 1.76. The summed E-state index contributed by atoms with van der Waals surface area (Å²) in [6.07, 6.45) is 3.90. The summed E-state index contributed by atoms with van der Waals surface area (Å²) in [6, 6.07) is 0. The molecule has 1 fully saturated rings. The number of hydrogen-bond donors (Lipinski definition) is 0. The maximum atomic E-state index is 5.12. The molecular formula is C6H10O2. The fourth-order valence-electron chi connectivity index (χ4n) is 0.482. The number of hydrogen-bond acceptors (Lipinski definition) is 2. The highest BCUT2D eigenvalue weighted by Crippen LogP contribution is 2.04. The molecule has 0 N–H and O–H groups in total. The highest BCUT2D eigenvalue weighted by Gasteiger charge is 2.17. The third-order valence-corrected chi connectivity index (χ3v) is 1.01. The van der Waals surface area contributed by atoms with Gasteiger partial charge in [-0.2, -0.15) is 0 Å². The van der Waals surface area contributed by atoms with E-state index in [1.54, 1.807) is 6.26 Å². The van der Waals surface area contributed by atoms with Gasteiger partial charge in [-0.3, -0.25) is 0 Å². The van der Waals surface area contributed by atoms with Crippen LogP contribution in [0.2, 0.25) is 0 Å². The van der Waals surface area contributed by atoms with Crippen molar-refractivity contribution >= 4 is 0 Å². The Labute approximate surface area is 49.1 Å². The number of allylic oxidation sites excluding steroid dienone is 1. The van der Waals surface area contributed by atoms with Crippen LogP contribution in [0.5, 0.6) is 0 Å². The Morgan fingerprint density at radius 3 is 2.75 bits per heavy atom. The summed E-state index contributed by atoms with van der Waals surface area (Å²) in [5.74, 6) is 0. The number of ether oxygens (including phenoxy) is 2. The minimum absolute atomic E-state index is 0.325. The van der Waals surface area contributed by atoms with E-state index < -0.39 is 0 Å². The Kier molecular flexibility index (Phi) is 1.92. The molecular weight excluding hydrogens is 104 g/mol. The molecule has 1 heterocycles. The zero-order valence-corrected chi connectivity index (χ0v) is 4.96. The maximum absolute atomic E-state index is 5.12. The van der Waals surface area contributed by atoms with Crippen LogP contribution in [0.4, 0.5) is 0 Å². The van der Waals surface area contributed by atoms with Crippen LogP contribution < -0.4 is 0 Å². The Morgan fingerprint density at radius 2 is 2.38 bits per heavy atom. The minimum atomic E-state index is 0.325.